The summed E-state index contributed by atoms with van der Waals surface area (Å²) < 4.78 is 19.2. The van der Waals surface area contributed by atoms with Gasteiger partial charge in [0, 0.05) is 30.7 Å². The zero-order valence-corrected chi connectivity index (χ0v) is 16.6. The molecule has 0 spiro atoms. The first-order valence-corrected chi connectivity index (χ1v) is 9.44. The fourth-order valence-electron chi connectivity index (χ4n) is 3.13. The lowest BCUT2D eigenvalue weighted by Crippen LogP contribution is -2.21. The second kappa shape index (κ2) is 9.81. The first-order valence-electron chi connectivity index (χ1n) is 9.44. The molecule has 0 saturated carbocycles. The van der Waals surface area contributed by atoms with E-state index >= 15 is 0 Å². The maximum absolute atomic E-state index is 13.4. The summed E-state index contributed by atoms with van der Waals surface area (Å²) in [6.45, 7) is 2.54. The minimum atomic E-state index is -1.06. The number of ether oxygens (including phenoxy) is 1. The topological polar surface area (TPSA) is 46.5 Å². The molecule has 0 aliphatic carbocycles. The van der Waals surface area contributed by atoms with Crippen LogP contribution in [0.4, 0.5) is 4.39 Å². The van der Waals surface area contributed by atoms with Crippen molar-refractivity contribution in [1.82, 2.24) is 10.3 Å². The molecule has 29 heavy (non-hydrogen) atoms. The summed E-state index contributed by atoms with van der Waals surface area (Å²) in [7, 11) is 1.67. The number of halogens is 1. The summed E-state index contributed by atoms with van der Waals surface area (Å²) in [5.74, 6) is 3.18. The number of allylic oxidation sites excluding steroid dienone is 2. The van der Waals surface area contributed by atoms with Crippen LogP contribution in [0.5, 0.6) is 0 Å². The predicted molar refractivity (Wildman–Crippen MR) is 114 cm³/mol. The van der Waals surface area contributed by atoms with Crippen molar-refractivity contribution < 1.29 is 9.13 Å². The van der Waals surface area contributed by atoms with Crippen LogP contribution < -0.4 is 5.32 Å². The number of rotatable bonds is 7. The molecule has 5 heteroatoms. The number of aromatic nitrogens is 1. The van der Waals surface area contributed by atoms with Crippen molar-refractivity contribution in [2.75, 3.05) is 7.05 Å². The van der Waals surface area contributed by atoms with Crippen molar-refractivity contribution in [3.63, 3.8) is 0 Å². The Kier molecular flexibility index (Phi) is 6.94. The SMILES string of the molecule is C#CC(C1=CC(=C/C(C)F)/C(=N\C)N1)c1ccc(COCc2ccncc2)cc1. The lowest BCUT2D eigenvalue weighted by molar-refractivity contribution is 0.107. The number of hydrogen-bond donors (Lipinski definition) is 1. The Labute approximate surface area is 171 Å². The van der Waals surface area contributed by atoms with E-state index < -0.39 is 6.17 Å². The molecule has 1 aromatic carbocycles. The summed E-state index contributed by atoms with van der Waals surface area (Å²) in [5, 5.41) is 3.22. The number of nitrogens with one attached hydrogen (secondary N) is 1. The van der Waals surface area contributed by atoms with Gasteiger partial charge in [-0.25, -0.2) is 4.39 Å². The highest BCUT2D eigenvalue weighted by molar-refractivity contribution is 6.05. The number of amidine groups is 1. The van der Waals surface area contributed by atoms with Crippen LogP contribution >= 0.6 is 0 Å². The summed E-state index contributed by atoms with van der Waals surface area (Å²) in [4.78, 5) is 8.18. The van der Waals surface area contributed by atoms with Crippen LogP contribution in [0.3, 0.4) is 0 Å². The Morgan fingerprint density at radius 1 is 1.17 bits per heavy atom. The molecule has 0 radical (unpaired) electrons. The fraction of sp³-hybridized carbons (Fsp3) is 0.250. The summed E-state index contributed by atoms with van der Waals surface area (Å²) >= 11 is 0. The van der Waals surface area contributed by atoms with Gasteiger partial charge in [0.25, 0.3) is 0 Å². The van der Waals surface area contributed by atoms with Crippen molar-refractivity contribution in [1.29, 1.82) is 0 Å². The Bertz CT molecular complexity index is 954. The molecule has 1 N–H and O–H groups in total. The molecule has 2 heterocycles. The number of pyridine rings is 1. The second-order valence-electron chi connectivity index (χ2n) is 6.79. The van der Waals surface area contributed by atoms with E-state index in [0.29, 0.717) is 19.0 Å². The molecule has 0 fully saturated rings. The van der Waals surface area contributed by atoms with Gasteiger partial charge in [-0.3, -0.25) is 9.98 Å². The monoisotopic (exact) mass is 389 g/mol. The van der Waals surface area contributed by atoms with Crippen LogP contribution in [0.2, 0.25) is 0 Å². The number of terminal acetylenes is 1. The molecule has 148 valence electrons. The highest BCUT2D eigenvalue weighted by Crippen LogP contribution is 2.28. The van der Waals surface area contributed by atoms with Crippen molar-refractivity contribution in [3.05, 3.63) is 88.9 Å². The standard InChI is InChI=1S/C24H24FN3O/c1-4-22(23-14-21(13-17(2)25)24(26-3)28-23)20-7-5-18(6-8-20)15-29-16-19-9-11-27-12-10-19/h1,5-14,17,22H,15-16H2,2-3H3,(H,26,28)/b21-13-. The van der Waals surface area contributed by atoms with Gasteiger partial charge in [0.1, 0.15) is 12.0 Å². The molecule has 0 amide bonds. The Morgan fingerprint density at radius 3 is 2.41 bits per heavy atom. The van der Waals surface area contributed by atoms with Crippen LogP contribution in [-0.2, 0) is 18.0 Å². The third-order valence-corrected chi connectivity index (χ3v) is 4.56. The molecule has 0 saturated heterocycles. The van der Waals surface area contributed by atoms with Crippen molar-refractivity contribution in [3.8, 4) is 12.3 Å². The lowest BCUT2D eigenvalue weighted by Gasteiger charge is -2.14. The van der Waals surface area contributed by atoms with E-state index in [9.17, 15) is 4.39 Å². The number of alkyl halides is 1. The molecule has 4 nitrogen and oxygen atoms in total. The summed E-state index contributed by atoms with van der Waals surface area (Å²) in [6.07, 6.45) is 11.6. The number of aliphatic imine (C=N–C) groups is 1. The minimum Gasteiger partial charge on any atom is -0.372 e. The van der Waals surface area contributed by atoms with Crippen molar-refractivity contribution in [2.45, 2.75) is 32.2 Å². The molecule has 3 rings (SSSR count). The average Bonchev–Trinajstić information content (AvgIpc) is 3.12. The molecular formula is C24H24FN3O. The van der Waals surface area contributed by atoms with Crippen LogP contribution in [-0.4, -0.2) is 24.0 Å². The Morgan fingerprint density at radius 2 is 1.83 bits per heavy atom. The van der Waals surface area contributed by atoms with Crippen LogP contribution in [0.25, 0.3) is 0 Å². The number of hydrogen-bond acceptors (Lipinski definition) is 3. The lowest BCUT2D eigenvalue weighted by atomic mass is 9.95. The van der Waals surface area contributed by atoms with Gasteiger partial charge in [-0.15, -0.1) is 6.42 Å². The van der Waals surface area contributed by atoms with Crippen LogP contribution in [0.15, 0.2) is 77.2 Å². The summed E-state index contributed by atoms with van der Waals surface area (Å²) in [5.41, 5.74) is 4.67. The van der Waals surface area contributed by atoms with E-state index in [-0.39, 0.29) is 5.92 Å². The van der Waals surface area contributed by atoms with E-state index in [2.05, 4.69) is 21.2 Å². The molecular weight excluding hydrogens is 365 g/mol. The van der Waals surface area contributed by atoms with Gasteiger partial charge in [-0.2, -0.15) is 0 Å². The highest BCUT2D eigenvalue weighted by atomic mass is 19.1. The normalized spacial score (nSPS) is 18.2. The predicted octanol–water partition coefficient (Wildman–Crippen LogP) is 4.32. The largest absolute Gasteiger partial charge is 0.372 e. The van der Waals surface area contributed by atoms with Gasteiger partial charge >= 0.3 is 0 Å². The molecule has 2 unspecified atom stereocenters. The smallest absolute Gasteiger partial charge is 0.132 e. The van der Waals surface area contributed by atoms with Crippen LogP contribution in [0, 0.1) is 12.3 Å². The van der Waals surface area contributed by atoms with Gasteiger partial charge in [-0.1, -0.05) is 30.2 Å². The van der Waals surface area contributed by atoms with Gasteiger partial charge in [0.05, 0.1) is 19.1 Å². The van der Waals surface area contributed by atoms with Gasteiger partial charge < -0.3 is 10.1 Å². The first-order chi connectivity index (χ1) is 14.1. The minimum absolute atomic E-state index is 0.264. The Balaban J connectivity index is 1.67. The van der Waals surface area contributed by atoms with E-state index in [4.69, 9.17) is 11.2 Å². The molecule has 0 bridgehead atoms. The molecule has 1 aromatic heterocycles. The average molecular weight is 389 g/mol. The second-order valence-corrected chi connectivity index (χ2v) is 6.79. The quantitative estimate of drug-likeness (QED) is 0.718. The fourth-order valence-corrected chi connectivity index (χ4v) is 3.13. The zero-order chi connectivity index (χ0) is 20.6. The number of nitrogens with zero attached hydrogens (tertiary/aromatic N) is 2. The number of benzene rings is 1. The van der Waals surface area contributed by atoms with Crippen LogP contribution in [0.1, 0.15) is 29.5 Å². The third kappa shape index (κ3) is 5.40. The van der Waals surface area contributed by atoms with E-state index in [1.165, 1.54) is 13.0 Å². The molecule has 2 aromatic rings. The highest BCUT2D eigenvalue weighted by Gasteiger charge is 2.23. The van der Waals surface area contributed by atoms with E-state index in [1.54, 1.807) is 19.4 Å². The molecule has 1 aliphatic rings. The van der Waals surface area contributed by atoms with Gasteiger partial charge in [0.2, 0.25) is 0 Å². The summed E-state index contributed by atoms with van der Waals surface area (Å²) in [6, 6.07) is 11.9. The van der Waals surface area contributed by atoms with Crippen molar-refractivity contribution in [2.24, 2.45) is 4.99 Å². The van der Waals surface area contributed by atoms with Gasteiger partial charge in [0.15, 0.2) is 0 Å². The molecule has 1 aliphatic heterocycles. The molecule has 2 atom stereocenters. The van der Waals surface area contributed by atoms with Gasteiger partial charge in [-0.05, 0) is 47.9 Å². The van der Waals surface area contributed by atoms with E-state index in [0.717, 1.165) is 28.0 Å². The Hall–Kier alpha value is -3.23. The third-order valence-electron chi connectivity index (χ3n) is 4.56. The maximum Gasteiger partial charge on any atom is 0.132 e. The first kappa shape index (κ1) is 20.5. The van der Waals surface area contributed by atoms with Crippen molar-refractivity contribution >= 4 is 5.84 Å². The zero-order valence-electron chi connectivity index (χ0n) is 16.6. The van der Waals surface area contributed by atoms with E-state index in [1.807, 2.05) is 42.5 Å². The maximum atomic E-state index is 13.4.